The molecule has 118 valence electrons. The molecule has 0 fully saturated rings. The molecule has 1 aromatic carbocycles. The Kier molecular flexibility index (Phi) is 2.89. The average Bonchev–Trinajstić information content (AvgIpc) is 3.10. The summed E-state index contributed by atoms with van der Waals surface area (Å²) < 4.78 is 14.3. The molecule has 0 radical (unpaired) electrons. The molecule has 5 rings (SSSR count). The fourth-order valence-corrected chi connectivity index (χ4v) is 3.84. The van der Waals surface area contributed by atoms with Gasteiger partial charge in [-0.05, 0) is 55.0 Å². The first-order chi connectivity index (χ1) is 11.8. The lowest BCUT2D eigenvalue weighted by atomic mass is 9.85. The van der Waals surface area contributed by atoms with Crippen molar-refractivity contribution in [2.24, 2.45) is 0 Å². The van der Waals surface area contributed by atoms with Gasteiger partial charge in [0.15, 0.2) is 5.82 Å². The lowest BCUT2D eigenvalue weighted by molar-refractivity contribution is 0.623. The van der Waals surface area contributed by atoms with Gasteiger partial charge in [-0.3, -0.25) is 10.1 Å². The van der Waals surface area contributed by atoms with Gasteiger partial charge in [0.05, 0.1) is 29.1 Å². The van der Waals surface area contributed by atoms with Crippen LogP contribution in [0.25, 0.3) is 33.1 Å². The number of aryl methyl sites for hydroxylation is 1. The van der Waals surface area contributed by atoms with Gasteiger partial charge in [0.2, 0.25) is 0 Å². The summed E-state index contributed by atoms with van der Waals surface area (Å²) in [5.74, 6) is -0.318. The largest absolute Gasteiger partial charge is 0.278 e. The van der Waals surface area contributed by atoms with Gasteiger partial charge >= 0.3 is 0 Å². The number of nitrogens with zero attached hydrogens (tertiary/aromatic N) is 3. The van der Waals surface area contributed by atoms with Crippen LogP contribution in [0.15, 0.2) is 36.8 Å². The van der Waals surface area contributed by atoms with E-state index in [0.717, 1.165) is 53.2 Å². The summed E-state index contributed by atoms with van der Waals surface area (Å²) in [6.07, 6.45) is 8.94. The van der Waals surface area contributed by atoms with Crippen LogP contribution in [-0.4, -0.2) is 20.2 Å². The Morgan fingerprint density at radius 2 is 1.88 bits per heavy atom. The highest BCUT2D eigenvalue weighted by Gasteiger charge is 2.22. The highest BCUT2D eigenvalue weighted by Crippen LogP contribution is 2.38. The molecule has 0 spiro atoms. The topological polar surface area (TPSA) is 54.5 Å². The summed E-state index contributed by atoms with van der Waals surface area (Å²) in [7, 11) is 0. The van der Waals surface area contributed by atoms with Crippen molar-refractivity contribution in [1.29, 1.82) is 0 Å². The van der Waals surface area contributed by atoms with E-state index in [-0.39, 0.29) is 5.82 Å². The second-order valence-corrected chi connectivity index (χ2v) is 6.27. The van der Waals surface area contributed by atoms with Gasteiger partial charge in [0.1, 0.15) is 0 Å². The van der Waals surface area contributed by atoms with Crippen LogP contribution in [0.3, 0.4) is 0 Å². The summed E-state index contributed by atoms with van der Waals surface area (Å²) in [5, 5.41) is 9.46. The Labute approximate surface area is 137 Å². The number of nitrogens with one attached hydrogen (secondary N) is 1. The molecule has 0 aliphatic heterocycles. The van der Waals surface area contributed by atoms with Gasteiger partial charge in [-0.1, -0.05) is 0 Å². The molecule has 3 heterocycles. The van der Waals surface area contributed by atoms with Crippen molar-refractivity contribution in [2.75, 3.05) is 0 Å². The van der Waals surface area contributed by atoms with E-state index in [0.29, 0.717) is 5.56 Å². The fraction of sp³-hybridized carbons (Fsp3) is 0.211. The van der Waals surface area contributed by atoms with Crippen molar-refractivity contribution in [3.8, 4) is 11.3 Å². The van der Waals surface area contributed by atoms with Crippen molar-refractivity contribution in [2.45, 2.75) is 25.7 Å². The maximum absolute atomic E-state index is 14.3. The molecular weight excluding hydrogens is 303 g/mol. The molecule has 4 nitrogen and oxygen atoms in total. The van der Waals surface area contributed by atoms with Gasteiger partial charge < -0.3 is 0 Å². The number of benzene rings is 1. The van der Waals surface area contributed by atoms with Crippen LogP contribution in [0.2, 0.25) is 0 Å². The van der Waals surface area contributed by atoms with Crippen LogP contribution in [0.4, 0.5) is 4.39 Å². The summed E-state index contributed by atoms with van der Waals surface area (Å²) in [5.41, 5.74) is 5.69. The van der Waals surface area contributed by atoms with Gasteiger partial charge in [-0.2, -0.15) is 5.10 Å². The maximum Gasteiger partial charge on any atom is 0.150 e. The van der Waals surface area contributed by atoms with E-state index in [2.05, 4.69) is 15.2 Å². The molecule has 0 amide bonds. The molecule has 3 aromatic heterocycles. The van der Waals surface area contributed by atoms with Crippen molar-refractivity contribution < 1.29 is 4.39 Å². The lowest BCUT2D eigenvalue weighted by Gasteiger charge is -2.21. The normalized spacial score (nSPS) is 14.2. The molecule has 0 saturated heterocycles. The number of hydrogen-bond acceptors (Lipinski definition) is 3. The molecule has 5 heteroatoms. The van der Waals surface area contributed by atoms with E-state index in [4.69, 9.17) is 4.98 Å². The monoisotopic (exact) mass is 318 g/mol. The number of rotatable bonds is 1. The van der Waals surface area contributed by atoms with E-state index in [1.807, 2.05) is 18.3 Å². The third-order valence-electron chi connectivity index (χ3n) is 4.92. The van der Waals surface area contributed by atoms with Gasteiger partial charge in [-0.15, -0.1) is 0 Å². The number of aromatic nitrogens is 4. The zero-order valence-electron chi connectivity index (χ0n) is 13.0. The zero-order valence-corrected chi connectivity index (χ0v) is 13.0. The summed E-state index contributed by atoms with van der Waals surface area (Å²) in [4.78, 5) is 8.70. The average molecular weight is 318 g/mol. The van der Waals surface area contributed by atoms with E-state index in [1.54, 1.807) is 12.3 Å². The number of halogens is 1. The van der Waals surface area contributed by atoms with Crippen LogP contribution < -0.4 is 0 Å². The molecule has 0 unspecified atom stereocenters. The molecular formula is C19H15FN4. The van der Waals surface area contributed by atoms with E-state index < -0.39 is 0 Å². The number of fused-ring (bicyclic) bond motifs is 5. The minimum Gasteiger partial charge on any atom is -0.278 e. The summed E-state index contributed by atoms with van der Waals surface area (Å²) in [6.45, 7) is 0. The highest BCUT2D eigenvalue weighted by molar-refractivity contribution is 6.07. The van der Waals surface area contributed by atoms with Crippen LogP contribution in [-0.2, 0) is 12.8 Å². The first kappa shape index (κ1) is 13.6. The van der Waals surface area contributed by atoms with Crippen molar-refractivity contribution in [1.82, 2.24) is 20.2 Å². The van der Waals surface area contributed by atoms with Crippen LogP contribution in [0.5, 0.6) is 0 Å². The van der Waals surface area contributed by atoms with E-state index >= 15 is 0 Å². The van der Waals surface area contributed by atoms with Crippen molar-refractivity contribution in [3.63, 3.8) is 0 Å². The first-order valence-corrected chi connectivity index (χ1v) is 8.20. The minimum atomic E-state index is -0.318. The Balaban J connectivity index is 1.93. The third kappa shape index (κ3) is 1.87. The van der Waals surface area contributed by atoms with E-state index in [1.165, 1.54) is 17.3 Å². The predicted octanol–water partition coefficient (Wildman–Crippen LogP) is 4.19. The molecule has 0 atom stereocenters. The maximum atomic E-state index is 14.3. The zero-order chi connectivity index (χ0) is 16.1. The number of aromatic amines is 1. The van der Waals surface area contributed by atoms with Crippen LogP contribution in [0, 0.1) is 5.82 Å². The Morgan fingerprint density at radius 1 is 1.00 bits per heavy atom. The van der Waals surface area contributed by atoms with Crippen LogP contribution in [0.1, 0.15) is 24.0 Å². The van der Waals surface area contributed by atoms with Crippen LogP contribution >= 0.6 is 0 Å². The Morgan fingerprint density at radius 3 is 2.75 bits per heavy atom. The van der Waals surface area contributed by atoms with Crippen molar-refractivity contribution >= 4 is 21.8 Å². The fourth-order valence-electron chi connectivity index (χ4n) is 3.84. The predicted molar refractivity (Wildman–Crippen MR) is 91.2 cm³/mol. The van der Waals surface area contributed by atoms with Crippen molar-refractivity contribution in [3.05, 3.63) is 53.7 Å². The second-order valence-electron chi connectivity index (χ2n) is 6.27. The summed E-state index contributed by atoms with van der Waals surface area (Å²) >= 11 is 0. The minimum absolute atomic E-state index is 0.318. The lowest BCUT2D eigenvalue weighted by Crippen LogP contribution is -2.08. The Hall–Kier alpha value is -2.82. The number of pyridine rings is 2. The number of hydrogen-bond donors (Lipinski definition) is 1. The molecule has 4 aromatic rings. The van der Waals surface area contributed by atoms with Gasteiger partial charge in [0, 0.05) is 22.5 Å². The van der Waals surface area contributed by atoms with Gasteiger partial charge in [-0.25, -0.2) is 9.37 Å². The number of H-pyrrole nitrogens is 1. The first-order valence-electron chi connectivity index (χ1n) is 8.20. The molecule has 0 saturated carbocycles. The molecule has 1 aliphatic carbocycles. The van der Waals surface area contributed by atoms with E-state index in [9.17, 15) is 4.39 Å². The Bertz CT molecular complexity index is 1080. The second kappa shape index (κ2) is 5.09. The molecule has 1 N–H and O–H groups in total. The molecule has 0 bridgehead atoms. The standard InChI is InChI=1S/C19H15FN4/c20-15-10-21-8-7-13(15)19-12-4-2-1-3-11(12)18-14-9-22-24-16(14)5-6-17(18)23-19/h5-10H,1-4H2,(H,22,24). The third-order valence-corrected chi connectivity index (χ3v) is 4.92. The molecule has 1 aliphatic rings. The summed E-state index contributed by atoms with van der Waals surface area (Å²) in [6, 6.07) is 5.70. The molecule has 24 heavy (non-hydrogen) atoms. The quantitative estimate of drug-likeness (QED) is 0.572. The smallest absolute Gasteiger partial charge is 0.150 e. The SMILES string of the molecule is Fc1cnccc1-c1nc2ccc3[nH]ncc3c2c2c1CCCC2. The highest BCUT2D eigenvalue weighted by atomic mass is 19.1. The van der Waals surface area contributed by atoms with Gasteiger partial charge in [0.25, 0.3) is 0 Å².